The molecule has 0 radical (unpaired) electrons. The van der Waals surface area contributed by atoms with Gasteiger partial charge in [-0.05, 0) is 19.1 Å². The van der Waals surface area contributed by atoms with Gasteiger partial charge in [0.15, 0.2) is 0 Å². The van der Waals surface area contributed by atoms with Gasteiger partial charge in [0.2, 0.25) is 0 Å². The van der Waals surface area contributed by atoms with Crippen molar-refractivity contribution in [1.29, 1.82) is 0 Å². The van der Waals surface area contributed by atoms with Crippen LogP contribution in [0.1, 0.15) is 17.5 Å². The van der Waals surface area contributed by atoms with E-state index in [1.54, 1.807) is 19.1 Å². The molecule has 1 heterocycles. The minimum Gasteiger partial charge on any atom is -0.394 e. The van der Waals surface area contributed by atoms with Gasteiger partial charge in [-0.2, -0.15) is 10.2 Å². The fourth-order valence-corrected chi connectivity index (χ4v) is 0.864. The highest BCUT2D eigenvalue weighted by atomic mass is 16.4. The van der Waals surface area contributed by atoms with E-state index in [4.69, 9.17) is 10.2 Å². The number of aliphatic hydroxyl groups excluding tert-OH is 3. The summed E-state index contributed by atoms with van der Waals surface area (Å²) in [4.78, 5) is 0. The maximum atomic E-state index is 9.37. The first-order valence-electron chi connectivity index (χ1n) is 3.92. The highest BCUT2D eigenvalue weighted by Gasteiger charge is 2.18. The zero-order valence-electron chi connectivity index (χ0n) is 7.25. The smallest absolute Gasteiger partial charge is 0.126 e. The molecule has 72 valence electrons. The Morgan fingerprint density at radius 1 is 1.31 bits per heavy atom. The van der Waals surface area contributed by atoms with Gasteiger partial charge in [-0.15, -0.1) is 0 Å². The maximum absolute atomic E-state index is 9.37. The van der Waals surface area contributed by atoms with Crippen LogP contribution in [0.15, 0.2) is 12.1 Å². The van der Waals surface area contributed by atoms with E-state index in [-0.39, 0.29) is 5.69 Å². The van der Waals surface area contributed by atoms with E-state index >= 15 is 0 Å². The van der Waals surface area contributed by atoms with Gasteiger partial charge in [0.1, 0.15) is 12.2 Å². The molecule has 0 saturated heterocycles. The van der Waals surface area contributed by atoms with Crippen molar-refractivity contribution in [3.8, 4) is 0 Å². The molecule has 1 rings (SSSR count). The fourth-order valence-electron chi connectivity index (χ4n) is 0.864. The molecule has 1 aromatic rings. The molecule has 2 unspecified atom stereocenters. The molecule has 0 spiro atoms. The number of nitrogens with zero attached hydrogens (tertiary/aromatic N) is 2. The highest BCUT2D eigenvalue weighted by molar-refractivity contribution is 5.08. The minimum absolute atomic E-state index is 0.257. The number of hydrogen-bond acceptors (Lipinski definition) is 5. The van der Waals surface area contributed by atoms with E-state index in [2.05, 4.69) is 10.2 Å². The third kappa shape index (κ3) is 2.45. The van der Waals surface area contributed by atoms with Crippen molar-refractivity contribution in [2.24, 2.45) is 0 Å². The lowest BCUT2D eigenvalue weighted by Crippen LogP contribution is -2.23. The Morgan fingerprint density at radius 2 is 2.00 bits per heavy atom. The number of aromatic nitrogens is 2. The van der Waals surface area contributed by atoms with E-state index in [0.717, 1.165) is 5.69 Å². The van der Waals surface area contributed by atoms with Crippen molar-refractivity contribution in [3.63, 3.8) is 0 Å². The zero-order chi connectivity index (χ0) is 9.84. The zero-order valence-corrected chi connectivity index (χ0v) is 7.25. The van der Waals surface area contributed by atoms with Crippen LogP contribution in [-0.4, -0.2) is 38.2 Å². The van der Waals surface area contributed by atoms with Crippen LogP contribution in [0.3, 0.4) is 0 Å². The number of rotatable bonds is 3. The molecule has 2 atom stereocenters. The molecule has 0 aliphatic carbocycles. The summed E-state index contributed by atoms with van der Waals surface area (Å²) in [5, 5.41) is 34.4. The van der Waals surface area contributed by atoms with Gasteiger partial charge in [-0.3, -0.25) is 0 Å². The first kappa shape index (κ1) is 10.0. The van der Waals surface area contributed by atoms with Crippen LogP contribution < -0.4 is 0 Å². The van der Waals surface area contributed by atoms with Crippen LogP contribution in [0.2, 0.25) is 0 Å². The molecular formula is C8H12N2O3. The van der Waals surface area contributed by atoms with Crippen LogP contribution in [0, 0.1) is 6.92 Å². The van der Waals surface area contributed by atoms with Crippen molar-refractivity contribution in [2.75, 3.05) is 6.61 Å². The van der Waals surface area contributed by atoms with Crippen LogP contribution >= 0.6 is 0 Å². The largest absolute Gasteiger partial charge is 0.394 e. The lowest BCUT2D eigenvalue weighted by atomic mass is 10.1. The molecular weight excluding hydrogens is 172 g/mol. The van der Waals surface area contributed by atoms with Crippen molar-refractivity contribution in [1.82, 2.24) is 10.2 Å². The second-order valence-electron chi connectivity index (χ2n) is 2.79. The van der Waals surface area contributed by atoms with Crippen LogP contribution in [-0.2, 0) is 0 Å². The summed E-state index contributed by atoms with van der Waals surface area (Å²) < 4.78 is 0. The Kier molecular flexibility index (Phi) is 3.30. The summed E-state index contributed by atoms with van der Waals surface area (Å²) in [6.07, 6.45) is -2.39. The minimum atomic E-state index is -1.21. The van der Waals surface area contributed by atoms with Crippen LogP contribution in [0.4, 0.5) is 0 Å². The van der Waals surface area contributed by atoms with Crippen molar-refractivity contribution in [3.05, 3.63) is 23.5 Å². The highest BCUT2D eigenvalue weighted by Crippen LogP contribution is 2.12. The van der Waals surface area contributed by atoms with Gasteiger partial charge in [0.25, 0.3) is 0 Å². The standard InChI is InChI=1S/C8H12N2O3/c1-5-2-3-6(10-9-5)8(13)7(12)4-11/h2-3,7-8,11-13H,4H2,1H3. The molecule has 0 aromatic carbocycles. The second-order valence-corrected chi connectivity index (χ2v) is 2.79. The lowest BCUT2D eigenvalue weighted by molar-refractivity contribution is -0.0177. The predicted octanol–water partition coefficient (Wildman–Crippen LogP) is -0.828. The Balaban J connectivity index is 2.77. The predicted molar refractivity (Wildman–Crippen MR) is 44.8 cm³/mol. The topological polar surface area (TPSA) is 86.5 Å². The molecule has 0 fully saturated rings. The summed E-state index contributed by atoms with van der Waals surface area (Å²) in [5.41, 5.74) is 0.988. The van der Waals surface area contributed by atoms with E-state index in [0.29, 0.717) is 0 Å². The van der Waals surface area contributed by atoms with Crippen molar-refractivity contribution < 1.29 is 15.3 Å². The van der Waals surface area contributed by atoms with Gasteiger partial charge >= 0.3 is 0 Å². The molecule has 0 amide bonds. The third-order valence-corrected chi connectivity index (χ3v) is 1.67. The molecule has 0 aliphatic rings. The molecule has 5 heteroatoms. The number of aliphatic hydroxyl groups is 3. The summed E-state index contributed by atoms with van der Waals surface area (Å²) in [7, 11) is 0. The molecule has 3 N–H and O–H groups in total. The first-order chi connectivity index (χ1) is 6.15. The Bertz CT molecular complexity index is 263. The number of hydrogen-bond donors (Lipinski definition) is 3. The molecule has 0 aliphatic heterocycles. The Labute approximate surface area is 75.7 Å². The molecule has 0 bridgehead atoms. The Hall–Kier alpha value is -1.04. The average Bonchev–Trinajstić information content (AvgIpc) is 2.17. The van der Waals surface area contributed by atoms with E-state index < -0.39 is 18.8 Å². The summed E-state index contributed by atoms with van der Waals surface area (Å²) in [5.74, 6) is 0. The van der Waals surface area contributed by atoms with Crippen molar-refractivity contribution >= 4 is 0 Å². The van der Waals surface area contributed by atoms with E-state index in [1.165, 1.54) is 0 Å². The average molecular weight is 184 g/mol. The molecule has 0 saturated carbocycles. The van der Waals surface area contributed by atoms with E-state index in [9.17, 15) is 5.11 Å². The normalized spacial score (nSPS) is 15.4. The first-order valence-corrected chi connectivity index (χ1v) is 3.92. The monoisotopic (exact) mass is 184 g/mol. The van der Waals surface area contributed by atoms with Crippen molar-refractivity contribution in [2.45, 2.75) is 19.1 Å². The van der Waals surface area contributed by atoms with Gasteiger partial charge in [-0.1, -0.05) is 0 Å². The van der Waals surface area contributed by atoms with Gasteiger partial charge in [0, 0.05) is 0 Å². The van der Waals surface area contributed by atoms with Gasteiger partial charge < -0.3 is 15.3 Å². The van der Waals surface area contributed by atoms with Gasteiger partial charge in [0.05, 0.1) is 18.0 Å². The maximum Gasteiger partial charge on any atom is 0.126 e. The third-order valence-electron chi connectivity index (χ3n) is 1.67. The fraction of sp³-hybridized carbons (Fsp3) is 0.500. The summed E-state index contributed by atoms with van der Waals surface area (Å²) >= 11 is 0. The summed E-state index contributed by atoms with van der Waals surface area (Å²) in [6.45, 7) is 1.27. The number of aryl methyl sites for hydroxylation is 1. The summed E-state index contributed by atoms with van der Waals surface area (Å²) in [6, 6.07) is 3.24. The second kappa shape index (κ2) is 4.27. The van der Waals surface area contributed by atoms with Crippen LogP contribution in [0.5, 0.6) is 0 Å². The Morgan fingerprint density at radius 3 is 2.46 bits per heavy atom. The van der Waals surface area contributed by atoms with E-state index in [1.807, 2.05) is 0 Å². The van der Waals surface area contributed by atoms with Crippen LogP contribution in [0.25, 0.3) is 0 Å². The molecule has 1 aromatic heterocycles. The SMILES string of the molecule is Cc1ccc(C(O)C(O)CO)nn1. The lowest BCUT2D eigenvalue weighted by Gasteiger charge is -2.13. The van der Waals surface area contributed by atoms with Gasteiger partial charge in [-0.25, -0.2) is 0 Å². The quantitative estimate of drug-likeness (QED) is 0.571. The molecule has 13 heavy (non-hydrogen) atoms. The molecule has 5 nitrogen and oxygen atoms in total.